The average molecular weight is 334 g/mol. The van der Waals surface area contributed by atoms with Crippen molar-refractivity contribution in [2.24, 2.45) is 5.92 Å². The molecule has 5 nitrogen and oxygen atoms in total. The van der Waals surface area contributed by atoms with Gasteiger partial charge in [0, 0.05) is 31.3 Å². The van der Waals surface area contributed by atoms with Crippen LogP contribution in [-0.2, 0) is 0 Å². The summed E-state index contributed by atoms with van der Waals surface area (Å²) >= 11 is 0. The van der Waals surface area contributed by atoms with E-state index in [0.717, 1.165) is 5.69 Å². The summed E-state index contributed by atoms with van der Waals surface area (Å²) in [6, 6.07) is 11.3. The topological polar surface area (TPSA) is 61.3 Å². The fourth-order valence-corrected chi connectivity index (χ4v) is 2.83. The lowest BCUT2D eigenvalue weighted by Crippen LogP contribution is -2.49. The van der Waals surface area contributed by atoms with Gasteiger partial charge in [-0.05, 0) is 19.1 Å². The number of aliphatic hydroxyl groups excluding tert-OH is 1. The van der Waals surface area contributed by atoms with Crippen molar-refractivity contribution in [1.82, 2.24) is 9.97 Å². The molecule has 1 unspecified atom stereocenters. The minimum absolute atomic E-state index is 0.0741. The summed E-state index contributed by atoms with van der Waals surface area (Å²) in [7, 11) is 0. The molecule has 1 saturated heterocycles. The van der Waals surface area contributed by atoms with E-state index >= 15 is 0 Å². The molecule has 0 amide bonds. The van der Waals surface area contributed by atoms with Gasteiger partial charge in [-0.25, -0.2) is 18.7 Å². The van der Waals surface area contributed by atoms with Gasteiger partial charge < -0.3 is 15.3 Å². The fourth-order valence-electron chi connectivity index (χ4n) is 2.83. The maximum absolute atomic E-state index is 13.8. The molecule has 2 N–H and O–H groups in total. The number of aromatic nitrogens is 2. The highest BCUT2D eigenvalue weighted by molar-refractivity contribution is 5.59. The van der Waals surface area contributed by atoms with Crippen LogP contribution in [0.2, 0.25) is 0 Å². The maximum atomic E-state index is 13.8. The molecule has 0 bridgehead atoms. The van der Waals surface area contributed by atoms with Crippen molar-refractivity contribution in [3.63, 3.8) is 0 Å². The summed E-state index contributed by atoms with van der Waals surface area (Å²) in [5, 5.41) is 12.4. The Hall–Kier alpha value is -2.28. The molecule has 1 aromatic heterocycles. The molecule has 1 atom stereocenters. The summed E-state index contributed by atoms with van der Waals surface area (Å²) in [6.07, 6.45) is -0.289. The molecule has 24 heavy (non-hydrogen) atoms. The van der Waals surface area contributed by atoms with Gasteiger partial charge in [0.2, 0.25) is 0 Å². The van der Waals surface area contributed by atoms with Crippen LogP contribution in [0.5, 0.6) is 0 Å². The lowest BCUT2D eigenvalue weighted by Gasteiger charge is -2.38. The Morgan fingerprint density at radius 3 is 2.75 bits per heavy atom. The number of aliphatic hydroxyl groups is 1. The molecule has 1 aromatic carbocycles. The van der Waals surface area contributed by atoms with E-state index in [1.165, 1.54) is 0 Å². The Morgan fingerprint density at radius 2 is 2.04 bits per heavy atom. The zero-order valence-corrected chi connectivity index (χ0v) is 13.4. The highest BCUT2D eigenvalue weighted by Crippen LogP contribution is 2.35. The van der Waals surface area contributed by atoms with E-state index < -0.39 is 18.4 Å². The Labute approximate surface area is 139 Å². The Kier molecular flexibility index (Phi) is 4.62. The van der Waals surface area contributed by atoms with E-state index in [9.17, 15) is 13.9 Å². The molecule has 7 heteroatoms. The van der Waals surface area contributed by atoms with Gasteiger partial charge in [-0.1, -0.05) is 18.2 Å². The third-order valence-corrected chi connectivity index (χ3v) is 4.17. The third kappa shape index (κ3) is 3.62. The van der Waals surface area contributed by atoms with E-state index in [0.29, 0.717) is 17.5 Å². The maximum Gasteiger partial charge on any atom is 0.256 e. The number of piperidine rings is 1. The number of aryl methyl sites for hydroxylation is 1. The number of para-hydroxylation sites is 1. The van der Waals surface area contributed by atoms with Gasteiger partial charge in [0.25, 0.3) is 5.92 Å². The molecule has 1 aliphatic heterocycles. The minimum Gasteiger partial charge on any atom is -0.396 e. The molecule has 0 aliphatic carbocycles. The summed E-state index contributed by atoms with van der Waals surface area (Å²) in [6.45, 7) is 1.50. The van der Waals surface area contributed by atoms with Gasteiger partial charge in [0.1, 0.15) is 17.5 Å². The van der Waals surface area contributed by atoms with Crippen LogP contribution in [0.3, 0.4) is 0 Å². The molecular weight excluding hydrogens is 314 g/mol. The number of anilines is 3. The van der Waals surface area contributed by atoms with Crippen molar-refractivity contribution >= 4 is 17.3 Å². The van der Waals surface area contributed by atoms with Crippen LogP contribution in [0.1, 0.15) is 12.2 Å². The summed E-state index contributed by atoms with van der Waals surface area (Å²) in [4.78, 5) is 10.5. The molecule has 1 fully saturated rings. The largest absolute Gasteiger partial charge is 0.396 e. The second kappa shape index (κ2) is 6.68. The van der Waals surface area contributed by atoms with Crippen LogP contribution >= 0.6 is 0 Å². The third-order valence-electron chi connectivity index (χ3n) is 4.17. The van der Waals surface area contributed by atoms with Crippen LogP contribution in [0, 0.1) is 12.8 Å². The Balaban J connectivity index is 1.81. The van der Waals surface area contributed by atoms with E-state index in [-0.39, 0.29) is 19.5 Å². The smallest absolute Gasteiger partial charge is 0.256 e. The average Bonchev–Trinajstić information content (AvgIpc) is 2.55. The van der Waals surface area contributed by atoms with Crippen molar-refractivity contribution < 1.29 is 13.9 Å². The van der Waals surface area contributed by atoms with Gasteiger partial charge in [-0.2, -0.15) is 0 Å². The lowest BCUT2D eigenvalue weighted by atomic mass is 9.94. The second-order valence-corrected chi connectivity index (χ2v) is 5.99. The van der Waals surface area contributed by atoms with Crippen molar-refractivity contribution in [2.45, 2.75) is 19.3 Å². The Morgan fingerprint density at radius 1 is 1.29 bits per heavy atom. The second-order valence-electron chi connectivity index (χ2n) is 5.99. The van der Waals surface area contributed by atoms with Crippen molar-refractivity contribution in [1.29, 1.82) is 0 Å². The van der Waals surface area contributed by atoms with E-state index in [2.05, 4.69) is 15.3 Å². The van der Waals surface area contributed by atoms with Crippen LogP contribution < -0.4 is 10.2 Å². The monoisotopic (exact) mass is 334 g/mol. The molecule has 128 valence electrons. The molecule has 0 spiro atoms. The number of halogens is 2. The van der Waals surface area contributed by atoms with Crippen molar-refractivity contribution in [3.8, 4) is 0 Å². The van der Waals surface area contributed by atoms with Crippen molar-refractivity contribution in [3.05, 3.63) is 42.2 Å². The number of alkyl halides is 2. The molecule has 2 heterocycles. The van der Waals surface area contributed by atoms with Gasteiger partial charge in [-0.3, -0.25) is 0 Å². The van der Waals surface area contributed by atoms with E-state index in [1.54, 1.807) is 17.9 Å². The first-order valence-electron chi connectivity index (χ1n) is 7.89. The van der Waals surface area contributed by atoms with E-state index in [1.807, 2.05) is 30.3 Å². The van der Waals surface area contributed by atoms with Gasteiger partial charge >= 0.3 is 0 Å². The van der Waals surface area contributed by atoms with Gasteiger partial charge in [0.15, 0.2) is 0 Å². The quantitative estimate of drug-likeness (QED) is 0.900. The standard InChI is InChI=1S/C17H20F2N4O/c1-12-20-15(22-14-5-3-2-4-6-14)9-16(21-12)23-8-7-17(18,19)13(10-23)11-24/h2-6,9,13,24H,7-8,10-11H2,1H3,(H,20,21,22). The molecule has 0 radical (unpaired) electrons. The summed E-state index contributed by atoms with van der Waals surface area (Å²) < 4.78 is 27.5. The van der Waals surface area contributed by atoms with Gasteiger partial charge in [-0.15, -0.1) is 0 Å². The molecule has 0 saturated carbocycles. The lowest BCUT2D eigenvalue weighted by molar-refractivity contribution is -0.0880. The normalized spacial score (nSPS) is 20.0. The molecule has 3 rings (SSSR count). The number of rotatable bonds is 4. The molecule has 1 aliphatic rings. The fraction of sp³-hybridized carbons (Fsp3) is 0.412. The number of nitrogens with zero attached hydrogens (tertiary/aromatic N) is 3. The number of benzene rings is 1. The van der Waals surface area contributed by atoms with Crippen LogP contribution in [-0.4, -0.2) is 40.7 Å². The number of hydrogen-bond donors (Lipinski definition) is 2. The first kappa shape index (κ1) is 16.6. The zero-order valence-electron chi connectivity index (χ0n) is 13.4. The number of hydrogen-bond acceptors (Lipinski definition) is 5. The van der Waals surface area contributed by atoms with Crippen LogP contribution in [0.15, 0.2) is 36.4 Å². The highest BCUT2D eigenvalue weighted by Gasteiger charge is 2.43. The number of nitrogens with one attached hydrogen (secondary N) is 1. The minimum atomic E-state index is -2.83. The van der Waals surface area contributed by atoms with Crippen molar-refractivity contribution in [2.75, 3.05) is 29.9 Å². The predicted molar refractivity (Wildman–Crippen MR) is 88.8 cm³/mol. The van der Waals surface area contributed by atoms with Gasteiger partial charge in [0.05, 0.1) is 12.5 Å². The summed E-state index contributed by atoms with van der Waals surface area (Å²) in [5.41, 5.74) is 0.889. The zero-order chi connectivity index (χ0) is 17.2. The van der Waals surface area contributed by atoms with Crippen LogP contribution in [0.4, 0.5) is 26.1 Å². The molecular formula is C17H20F2N4O. The highest BCUT2D eigenvalue weighted by atomic mass is 19.3. The predicted octanol–water partition coefficient (Wildman–Crippen LogP) is 2.98. The summed E-state index contributed by atoms with van der Waals surface area (Å²) in [5.74, 6) is -2.15. The first-order valence-corrected chi connectivity index (χ1v) is 7.89. The first-order chi connectivity index (χ1) is 11.5. The molecule has 2 aromatic rings. The van der Waals surface area contributed by atoms with E-state index in [4.69, 9.17) is 0 Å². The Bertz CT molecular complexity index is 696. The van der Waals surface area contributed by atoms with Crippen LogP contribution in [0.25, 0.3) is 0 Å². The SMILES string of the molecule is Cc1nc(Nc2ccccc2)cc(N2CCC(F)(F)C(CO)C2)n1.